The van der Waals surface area contributed by atoms with E-state index in [-0.39, 0.29) is 17.9 Å². The number of amides is 3. The quantitative estimate of drug-likeness (QED) is 0.701. The summed E-state index contributed by atoms with van der Waals surface area (Å²) in [6.45, 7) is 7.50. The SMILES string of the molecule is CCN(CC)C(=O)N1CCC(C(=O)Nc2ccc(OCCOC)nc2)CC1. The van der Waals surface area contributed by atoms with Gasteiger partial charge in [0, 0.05) is 45.3 Å². The zero-order valence-electron chi connectivity index (χ0n) is 16.4. The van der Waals surface area contributed by atoms with Crippen LogP contribution in [-0.4, -0.2) is 73.2 Å². The highest BCUT2D eigenvalue weighted by molar-refractivity contribution is 5.92. The summed E-state index contributed by atoms with van der Waals surface area (Å²) < 4.78 is 10.3. The first-order chi connectivity index (χ1) is 13.1. The number of ether oxygens (including phenoxy) is 2. The first-order valence-electron chi connectivity index (χ1n) is 9.51. The van der Waals surface area contributed by atoms with Crippen molar-refractivity contribution in [1.82, 2.24) is 14.8 Å². The molecule has 1 N–H and O–H groups in total. The lowest BCUT2D eigenvalue weighted by Gasteiger charge is -2.34. The molecule has 8 nitrogen and oxygen atoms in total. The molecule has 8 heteroatoms. The highest BCUT2D eigenvalue weighted by Crippen LogP contribution is 2.21. The standard InChI is InChI=1S/C19H30N4O4/c1-4-22(5-2)19(25)23-10-8-15(9-11-23)18(24)21-16-6-7-17(20-14-16)27-13-12-26-3/h6-7,14-15H,4-5,8-13H2,1-3H3,(H,21,24). The Morgan fingerprint density at radius 1 is 1.22 bits per heavy atom. The van der Waals surface area contributed by atoms with Crippen molar-refractivity contribution in [1.29, 1.82) is 0 Å². The average Bonchev–Trinajstić information content (AvgIpc) is 2.70. The van der Waals surface area contributed by atoms with Gasteiger partial charge >= 0.3 is 6.03 Å². The minimum absolute atomic E-state index is 0.0280. The molecule has 0 aliphatic carbocycles. The van der Waals surface area contributed by atoms with Gasteiger partial charge in [-0.3, -0.25) is 4.79 Å². The fourth-order valence-corrected chi connectivity index (χ4v) is 3.04. The second-order valence-electron chi connectivity index (χ2n) is 6.43. The number of rotatable bonds is 8. The number of anilines is 1. The third-order valence-electron chi connectivity index (χ3n) is 4.71. The molecule has 2 heterocycles. The summed E-state index contributed by atoms with van der Waals surface area (Å²) in [5, 5.41) is 2.90. The Morgan fingerprint density at radius 3 is 2.48 bits per heavy atom. The Balaban J connectivity index is 1.79. The van der Waals surface area contributed by atoms with E-state index in [1.807, 2.05) is 23.6 Å². The molecule has 0 atom stereocenters. The molecule has 1 aliphatic heterocycles. The maximum Gasteiger partial charge on any atom is 0.319 e. The summed E-state index contributed by atoms with van der Waals surface area (Å²) in [5.41, 5.74) is 0.640. The molecular formula is C19H30N4O4. The Kier molecular flexibility index (Phi) is 8.32. The summed E-state index contributed by atoms with van der Waals surface area (Å²) in [6, 6.07) is 3.55. The van der Waals surface area contributed by atoms with Crippen LogP contribution in [-0.2, 0) is 9.53 Å². The van der Waals surface area contributed by atoms with Crippen LogP contribution in [0.15, 0.2) is 18.3 Å². The van der Waals surface area contributed by atoms with Gasteiger partial charge in [0.05, 0.1) is 18.5 Å². The van der Waals surface area contributed by atoms with Gasteiger partial charge in [-0.1, -0.05) is 0 Å². The lowest BCUT2D eigenvalue weighted by atomic mass is 9.96. The number of pyridine rings is 1. The van der Waals surface area contributed by atoms with Crippen LogP contribution in [0.25, 0.3) is 0 Å². The fraction of sp³-hybridized carbons (Fsp3) is 0.632. The molecule has 0 bridgehead atoms. The number of methoxy groups -OCH3 is 1. The van der Waals surface area contributed by atoms with E-state index in [4.69, 9.17) is 9.47 Å². The van der Waals surface area contributed by atoms with Gasteiger partial charge in [0.2, 0.25) is 11.8 Å². The van der Waals surface area contributed by atoms with E-state index in [2.05, 4.69) is 10.3 Å². The molecule has 27 heavy (non-hydrogen) atoms. The van der Waals surface area contributed by atoms with Crippen LogP contribution in [0, 0.1) is 5.92 Å². The first kappa shape index (κ1) is 21.0. The molecule has 1 saturated heterocycles. The van der Waals surface area contributed by atoms with Gasteiger partial charge in [-0.25, -0.2) is 9.78 Å². The maximum absolute atomic E-state index is 12.5. The molecule has 2 rings (SSSR count). The van der Waals surface area contributed by atoms with Gasteiger partial charge in [-0.2, -0.15) is 0 Å². The molecule has 1 aromatic rings. The summed E-state index contributed by atoms with van der Waals surface area (Å²) in [4.78, 5) is 32.7. The first-order valence-corrected chi connectivity index (χ1v) is 9.51. The number of urea groups is 1. The van der Waals surface area contributed by atoms with Crippen LogP contribution in [0.3, 0.4) is 0 Å². The predicted molar refractivity (Wildman–Crippen MR) is 103 cm³/mol. The molecule has 1 fully saturated rings. The number of hydrogen-bond donors (Lipinski definition) is 1. The third-order valence-corrected chi connectivity index (χ3v) is 4.71. The minimum atomic E-state index is -0.0941. The minimum Gasteiger partial charge on any atom is -0.475 e. The van der Waals surface area contributed by atoms with Crippen molar-refractivity contribution in [2.75, 3.05) is 51.8 Å². The van der Waals surface area contributed by atoms with E-state index in [1.165, 1.54) is 0 Å². The lowest BCUT2D eigenvalue weighted by molar-refractivity contribution is -0.121. The van der Waals surface area contributed by atoms with Gasteiger partial charge < -0.3 is 24.6 Å². The Hall–Kier alpha value is -2.35. The summed E-state index contributed by atoms with van der Waals surface area (Å²) in [6.07, 6.45) is 2.92. The third kappa shape index (κ3) is 6.09. The van der Waals surface area contributed by atoms with Crippen LogP contribution in [0.2, 0.25) is 0 Å². The number of carbonyl (C=O) groups is 2. The van der Waals surface area contributed by atoms with E-state index < -0.39 is 0 Å². The van der Waals surface area contributed by atoms with Gasteiger partial charge in [-0.15, -0.1) is 0 Å². The van der Waals surface area contributed by atoms with Gasteiger partial charge in [-0.05, 0) is 32.8 Å². The Morgan fingerprint density at radius 2 is 1.93 bits per heavy atom. The molecule has 0 saturated carbocycles. The van der Waals surface area contributed by atoms with Crippen LogP contribution in [0.1, 0.15) is 26.7 Å². The topological polar surface area (TPSA) is 84.0 Å². The smallest absolute Gasteiger partial charge is 0.319 e. The molecule has 0 spiro atoms. The van der Waals surface area contributed by atoms with Crippen molar-refractivity contribution >= 4 is 17.6 Å². The Bertz CT molecular complexity index is 596. The van der Waals surface area contributed by atoms with Crippen molar-refractivity contribution in [3.63, 3.8) is 0 Å². The number of hydrogen-bond acceptors (Lipinski definition) is 5. The maximum atomic E-state index is 12.5. The monoisotopic (exact) mass is 378 g/mol. The van der Waals surface area contributed by atoms with E-state index >= 15 is 0 Å². The van der Waals surface area contributed by atoms with Crippen LogP contribution >= 0.6 is 0 Å². The lowest BCUT2D eigenvalue weighted by Crippen LogP contribution is -2.47. The largest absolute Gasteiger partial charge is 0.475 e. The summed E-state index contributed by atoms with van der Waals surface area (Å²) >= 11 is 0. The molecule has 1 aromatic heterocycles. The summed E-state index contributed by atoms with van der Waals surface area (Å²) in [5.74, 6) is 0.372. The number of aromatic nitrogens is 1. The van der Waals surface area contributed by atoms with Crippen molar-refractivity contribution in [3.8, 4) is 5.88 Å². The van der Waals surface area contributed by atoms with Crippen LogP contribution in [0.5, 0.6) is 5.88 Å². The highest BCUT2D eigenvalue weighted by atomic mass is 16.5. The molecular weight excluding hydrogens is 348 g/mol. The molecule has 0 unspecified atom stereocenters. The second kappa shape index (κ2) is 10.7. The van der Waals surface area contributed by atoms with E-state index in [9.17, 15) is 9.59 Å². The van der Waals surface area contributed by atoms with Crippen molar-refractivity contribution in [2.45, 2.75) is 26.7 Å². The van der Waals surface area contributed by atoms with Crippen molar-refractivity contribution in [2.24, 2.45) is 5.92 Å². The van der Waals surface area contributed by atoms with E-state index in [0.717, 1.165) is 0 Å². The second-order valence-corrected chi connectivity index (χ2v) is 6.43. The normalized spacial score (nSPS) is 14.7. The van der Waals surface area contributed by atoms with Crippen LogP contribution in [0.4, 0.5) is 10.5 Å². The van der Waals surface area contributed by atoms with Crippen LogP contribution < -0.4 is 10.1 Å². The summed E-state index contributed by atoms with van der Waals surface area (Å²) in [7, 11) is 1.61. The molecule has 0 aromatic carbocycles. The molecule has 3 amide bonds. The van der Waals surface area contributed by atoms with Gasteiger partial charge in [0.25, 0.3) is 0 Å². The van der Waals surface area contributed by atoms with Gasteiger partial charge in [0.1, 0.15) is 6.61 Å². The zero-order valence-corrected chi connectivity index (χ0v) is 16.4. The molecule has 150 valence electrons. The number of carbonyl (C=O) groups excluding carboxylic acids is 2. The van der Waals surface area contributed by atoms with Gasteiger partial charge in [0.15, 0.2) is 0 Å². The van der Waals surface area contributed by atoms with Crippen molar-refractivity contribution < 1.29 is 19.1 Å². The predicted octanol–water partition coefficient (Wildman–Crippen LogP) is 2.22. The fourth-order valence-electron chi connectivity index (χ4n) is 3.04. The van der Waals surface area contributed by atoms with Crippen molar-refractivity contribution in [3.05, 3.63) is 18.3 Å². The average molecular weight is 378 g/mol. The number of piperidine rings is 1. The zero-order chi connectivity index (χ0) is 19.6. The molecule has 1 aliphatic rings. The highest BCUT2D eigenvalue weighted by Gasteiger charge is 2.28. The molecule has 0 radical (unpaired) electrons. The Labute approximate surface area is 160 Å². The number of likely N-dealkylation sites (tertiary alicyclic amines) is 1. The number of nitrogens with zero attached hydrogens (tertiary/aromatic N) is 3. The van der Waals surface area contributed by atoms with E-state index in [0.29, 0.717) is 63.8 Å². The number of nitrogens with one attached hydrogen (secondary N) is 1. The van der Waals surface area contributed by atoms with E-state index in [1.54, 1.807) is 25.4 Å².